The van der Waals surface area contributed by atoms with Gasteiger partial charge in [-0.1, -0.05) is 0 Å². The second-order valence-corrected chi connectivity index (χ2v) is 8.38. The number of carbonyl (C=O) groups is 2. The highest BCUT2D eigenvalue weighted by Crippen LogP contribution is 2.23. The number of benzene rings is 1. The van der Waals surface area contributed by atoms with Crippen LogP contribution in [0, 0.1) is 11.7 Å². The number of anilines is 1. The predicted molar refractivity (Wildman–Crippen MR) is 110 cm³/mol. The molecule has 0 N–H and O–H groups in total. The zero-order valence-corrected chi connectivity index (χ0v) is 17.1. The van der Waals surface area contributed by atoms with Gasteiger partial charge < -0.3 is 19.6 Å². The maximum atomic E-state index is 13.2. The molecule has 0 aromatic heterocycles. The Labute approximate surface area is 172 Å². The predicted octanol–water partition coefficient (Wildman–Crippen LogP) is 2.79. The summed E-state index contributed by atoms with van der Waals surface area (Å²) in [5.74, 6) is 0.0316. The van der Waals surface area contributed by atoms with E-state index in [-0.39, 0.29) is 23.7 Å². The Morgan fingerprint density at radius 1 is 0.724 bits per heavy atom. The first-order chi connectivity index (χ1) is 14.1. The molecule has 1 aromatic carbocycles. The monoisotopic (exact) mass is 402 g/mol. The molecule has 3 aliphatic rings. The molecule has 0 radical (unpaired) electrons. The molecule has 7 heteroatoms. The lowest BCUT2D eigenvalue weighted by Crippen LogP contribution is -2.48. The Balaban J connectivity index is 1.27. The van der Waals surface area contributed by atoms with Gasteiger partial charge in [-0.2, -0.15) is 0 Å². The van der Waals surface area contributed by atoms with Gasteiger partial charge in [0, 0.05) is 64.0 Å². The van der Waals surface area contributed by atoms with Gasteiger partial charge in [-0.25, -0.2) is 9.18 Å². The average molecular weight is 403 g/mol. The number of carbonyl (C=O) groups excluding carboxylic acids is 2. The van der Waals surface area contributed by atoms with Crippen LogP contribution >= 0.6 is 0 Å². The van der Waals surface area contributed by atoms with E-state index < -0.39 is 0 Å². The van der Waals surface area contributed by atoms with E-state index in [2.05, 4.69) is 4.90 Å². The van der Waals surface area contributed by atoms with Gasteiger partial charge >= 0.3 is 6.03 Å². The summed E-state index contributed by atoms with van der Waals surface area (Å²) in [5.41, 5.74) is 1.01. The van der Waals surface area contributed by atoms with Crippen molar-refractivity contribution < 1.29 is 14.0 Å². The van der Waals surface area contributed by atoms with Crippen LogP contribution in [0.1, 0.15) is 32.1 Å². The molecule has 1 aromatic rings. The van der Waals surface area contributed by atoms with Crippen molar-refractivity contribution in [2.75, 3.05) is 57.3 Å². The lowest BCUT2D eigenvalue weighted by Gasteiger charge is -2.35. The molecule has 0 aliphatic carbocycles. The molecular weight excluding hydrogens is 371 g/mol. The maximum absolute atomic E-state index is 13.2. The Kier molecular flexibility index (Phi) is 6.21. The van der Waals surface area contributed by atoms with E-state index in [0.717, 1.165) is 70.5 Å². The van der Waals surface area contributed by atoms with E-state index in [9.17, 15) is 14.0 Å². The number of likely N-dealkylation sites (tertiary alicyclic amines) is 2. The van der Waals surface area contributed by atoms with Gasteiger partial charge in [0.05, 0.1) is 0 Å². The number of rotatable bonds is 2. The smallest absolute Gasteiger partial charge is 0.319 e. The van der Waals surface area contributed by atoms with Crippen molar-refractivity contribution in [1.29, 1.82) is 0 Å². The van der Waals surface area contributed by atoms with Crippen LogP contribution in [0.25, 0.3) is 0 Å². The molecule has 0 saturated carbocycles. The van der Waals surface area contributed by atoms with E-state index in [1.54, 1.807) is 12.1 Å². The molecule has 29 heavy (non-hydrogen) atoms. The first-order valence-electron chi connectivity index (χ1n) is 10.9. The second kappa shape index (κ2) is 9.01. The standard InChI is InChI=1S/C22H31FN4O2/c23-19-4-6-20(7-5-19)24-12-3-13-25(17-16-24)21(28)18-8-14-27(15-9-18)22(29)26-10-1-2-11-26/h4-7,18H,1-3,8-17H2. The largest absolute Gasteiger partial charge is 0.370 e. The molecule has 3 saturated heterocycles. The maximum Gasteiger partial charge on any atom is 0.319 e. The number of hydrogen-bond acceptors (Lipinski definition) is 3. The fourth-order valence-corrected chi connectivity index (χ4v) is 4.73. The second-order valence-electron chi connectivity index (χ2n) is 8.38. The van der Waals surface area contributed by atoms with E-state index in [4.69, 9.17) is 0 Å². The van der Waals surface area contributed by atoms with Crippen molar-refractivity contribution in [3.63, 3.8) is 0 Å². The highest BCUT2D eigenvalue weighted by molar-refractivity contribution is 5.80. The van der Waals surface area contributed by atoms with Crippen LogP contribution in [0.5, 0.6) is 0 Å². The number of halogens is 1. The van der Waals surface area contributed by atoms with Crippen molar-refractivity contribution >= 4 is 17.6 Å². The fourth-order valence-electron chi connectivity index (χ4n) is 4.73. The summed E-state index contributed by atoms with van der Waals surface area (Å²) in [6.45, 7) is 6.21. The summed E-state index contributed by atoms with van der Waals surface area (Å²) in [6.07, 6.45) is 4.64. The SMILES string of the molecule is O=C(C1CCN(C(=O)N2CCCC2)CC1)N1CCCN(c2ccc(F)cc2)CC1. The molecule has 3 amide bonds. The molecule has 158 valence electrons. The molecule has 0 bridgehead atoms. The van der Waals surface area contributed by atoms with E-state index in [1.807, 2.05) is 14.7 Å². The fraction of sp³-hybridized carbons (Fsp3) is 0.636. The van der Waals surface area contributed by atoms with E-state index in [1.165, 1.54) is 12.1 Å². The van der Waals surface area contributed by atoms with Crippen molar-refractivity contribution in [3.8, 4) is 0 Å². The van der Waals surface area contributed by atoms with E-state index in [0.29, 0.717) is 19.6 Å². The minimum Gasteiger partial charge on any atom is -0.370 e. The molecular formula is C22H31FN4O2. The first kappa shape index (κ1) is 20.0. The Morgan fingerprint density at radius 2 is 1.34 bits per heavy atom. The van der Waals surface area contributed by atoms with Gasteiger partial charge in [0.15, 0.2) is 0 Å². The molecule has 0 atom stereocenters. The van der Waals surface area contributed by atoms with Gasteiger partial charge in [-0.05, 0) is 56.4 Å². The quantitative estimate of drug-likeness (QED) is 0.764. The number of piperidine rings is 1. The Bertz CT molecular complexity index is 712. The molecule has 3 aliphatic heterocycles. The third-order valence-corrected chi connectivity index (χ3v) is 6.49. The van der Waals surface area contributed by atoms with Gasteiger partial charge in [0.2, 0.25) is 5.91 Å². The summed E-state index contributed by atoms with van der Waals surface area (Å²) < 4.78 is 13.2. The third kappa shape index (κ3) is 4.65. The van der Waals surface area contributed by atoms with Crippen LogP contribution in [0.4, 0.5) is 14.9 Å². The van der Waals surface area contributed by atoms with Crippen molar-refractivity contribution in [1.82, 2.24) is 14.7 Å². The molecule has 0 unspecified atom stereocenters. The van der Waals surface area contributed by atoms with E-state index >= 15 is 0 Å². The lowest BCUT2D eigenvalue weighted by molar-refractivity contribution is -0.136. The summed E-state index contributed by atoms with van der Waals surface area (Å²) in [5, 5.41) is 0. The van der Waals surface area contributed by atoms with Gasteiger partial charge in [-0.3, -0.25) is 4.79 Å². The van der Waals surface area contributed by atoms with Gasteiger partial charge in [0.25, 0.3) is 0 Å². The summed E-state index contributed by atoms with van der Waals surface area (Å²) in [7, 11) is 0. The van der Waals surface area contributed by atoms with Crippen LogP contribution in [0.3, 0.4) is 0 Å². The molecule has 0 spiro atoms. The molecule has 3 fully saturated rings. The van der Waals surface area contributed by atoms with Crippen LogP contribution in [0.15, 0.2) is 24.3 Å². The van der Waals surface area contributed by atoms with Gasteiger partial charge in [0.1, 0.15) is 5.82 Å². The molecule has 3 heterocycles. The molecule has 4 rings (SSSR count). The zero-order valence-electron chi connectivity index (χ0n) is 17.1. The van der Waals surface area contributed by atoms with Crippen LogP contribution in [0.2, 0.25) is 0 Å². The lowest BCUT2D eigenvalue weighted by atomic mass is 9.95. The summed E-state index contributed by atoms with van der Waals surface area (Å²) in [4.78, 5) is 33.7. The number of amides is 3. The Morgan fingerprint density at radius 3 is 2.03 bits per heavy atom. The highest BCUT2D eigenvalue weighted by Gasteiger charge is 2.32. The number of hydrogen-bond donors (Lipinski definition) is 0. The van der Waals surface area contributed by atoms with Crippen molar-refractivity contribution in [2.45, 2.75) is 32.1 Å². The minimum absolute atomic E-state index is 0.0231. The molecule has 6 nitrogen and oxygen atoms in total. The summed E-state index contributed by atoms with van der Waals surface area (Å²) in [6, 6.07) is 6.73. The normalized spacial score (nSPS) is 21.4. The highest BCUT2D eigenvalue weighted by atomic mass is 19.1. The average Bonchev–Trinajstić information content (AvgIpc) is 3.18. The number of urea groups is 1. The zero-order chi connectivity index (χ0) is 20.2. The van der Waals surface area contributed by atoms with Crippen LogP contribution in [-0.4, -0.2) is 79.0 Å². The van der Waals surface area contributed by atoms with Gasteiger partial charge in [-0.15, -0.1) is 0 Å². The van der Waals surface area contributed by atoms with Crippen LogP contribution in [-0.2, 0) is 4.79 Å². The topological polar surface area (TPSA) is 47.1 Å². The Hall–Kier alpha value is -2.31. The van der Waals surface area contributed by atoms with Crippen molar-refractivity contribution in [2.24, 2.45) is 5.92 Å². The third-order valence-electron chi connectivity index (χ3n) is 6.49. The van der Waals surface area contributed by atoms with Crippen molar-refractivity contribution in [3.05, 3.63) is 30.1 Å². The number of nitrogens with zero attached hydrogens (tertiary/aromatic N) is 4. The first-order valence-corrected chi connectivity index (χ1v) is 10.9. The van der Waals surface area contributed by atoms with Crippen LogP contribution < -0.4 is 4.90 Å². The summed E-state index contributed by atoms with van der Waals surface area (Å²) >= 11 is 0. The minimum atomic E-state index is -0.227.